The van der Waals surface area contributed by atoms with Crippen LogP contribution in [0.2, 0.25) is 0 Å². The van der Waals surface area contributed by atoms with Gasteiger partial charge in [0.2, 0.25) is 5.91 Å². The molecule has 0 N–H and O–H groups in total. The number of thioether (sulfide) groups is 1. The van der Waals surface area contributed by atoms with E-state index in [1.165, 1.54) is 28.6 Å². The van der Waals surface area contributed by atoms with E-state index in [0.29, 0.717) is 6.54 Å². The number of rotatable bonds is 7. The maximum absolute atomic E-state index is 13.1. The average Bonchev–Trinajstić information content (AvgIpc) is 3.19. The molecule has 0 radical (unpaired) electrons. The highest BCUT2D eigenvalue weighted by atomic mass is 32.2. The first kappa shape index (κ1) is 22.4. The van der Waals surface area contributed by atoms with Gasteiger partial charge in [-0.25, -0.2) is 0 Å². The van der Waals surface area contributed by atoms with Crippen molar-refractivity contribution in [3.05, 3.63) is 59.7 Å². The van der Waals surface area contributed by atoms with Crippen LogP contribution in [0.15, 0.2) is 53.7 Å². The summed E-state index contributed by atoms with van der Waals surface area (Å²) in [6, 6.07) is 16.8. The van der Waals surface area contributed by atoms with Crippen LogP contribution in [0, 0.1) is 0 Å². The van der Waals surface area contributed by atoms with Crippen LogP contribution in [0.4, 0.5) is 5.69 Å². The first-order valence-electron chi connectivity index (χ1n) is 11.3. The first-order valence-corrected chi connectivity index (χ1v) is 12.2. The summed E-state index contributed by atoms with van der Waals surface area (Å²) in [6.07, 6.45) is 0.914. The van der Waals surface area contributed by atoms with Crippen LogP contribution in [-0.2, 0) is 24.8 Å². The lowest BCUT2D eigenvalue weighted by molar-refractivity contribution is -0.131. The minimum Gasteiger partial charge on any atom is -0.372 e. The summed E-state index contributed by atoms with van der Waals surface area (Å²) < 4.78 is 1.98. The lowest BCUT2D eigenvalue weighted by Gasteiger charge is -2.30. The molecule has 0 saturated carbocycles. The van der Waals surface area contributed by atoms with Crippen molar-refractivity contribution in [2.45, 2.75) is 44.1 Å². The Bertz CT molecular complexity index is 1070. The normalized spacial score (nSPS) is 14.2. The summed E-state index contributed by atoms with van der Waals surface area (Å²) in [4.78, 5) is 17.4. The lowest BCUT2D eigenvalue weighted by Crippen LogP contribution is -2.40. The molecule has 1 aliphatic rings. The van der Waals surface area contributed by atoms with Crippen LogP contribution in [0.25, 0.3) is 11.4 Å². The highest BCUT2D eigenvalue weighted by Crippen LogP contribution is 2.29. The fraction of sp³-hybridized carbons (Fsp3) is 0.400. The third kappa shape index (κ3) is 4.53. The highest BCUT2D eigenvalue weighted by Gasteiger charge is 2.26. The molecule has 2 aromatic carbocycles. The molecule has 0 aliphatic carbocycles. The molecule has 168 valence electrons. The largest absolute Gasteiger partial charge is 0.372 e. The molecule has 3 aromatic rings. The Morgan fingerprint density at radius 2 is 1.75 bits per heavy atom. The fourth-order valence-corrected chi connectivity index (χ4v) is 5.13. The molecule has 0 saturated heterocycles. The minimum absolute atomic E-state index is 0.151. The number of anilines is 1. The number of nitrogens with zero attached hydrogens (tertiary/aromatic N) is 5. The van der Waals surface area contributed by atoms with E-state index in [-0.39, 0.29) is 11.2 Å². The molecule has 0 fully saturated rings. The molecule has 1 unspecified atom stereocenters. The number of carbonyl (C=O) groups is 1. The molecule has 1 amide bonds. The van der Waals surface area contributed by atoms with E-state index in [1.807, 2.05) is 29.5 Å². The summed E-state index contributed by atoms with van der Waals surface area (Å²) in [7, 11) is 1.96. The van der Waals surface area contributed by atoms with Gasteiger partial charge in [0.05, 0.1) is 5.25 Å². The van der Waals surface area contributed by atoms with Gasteiger partial charge in [-0.15, -0.1) is 10.2 Å². The smallest absolute Gasteiger partial charge is 0.236 e. The van der Waals surface area contributed by atoms with Gasteiger partial charge in [-0.3, -0.25) is 4.79 Å². The molecule has 7 heteroatoms. The molecule has 1 aliphatic heterocycles. The van der Waals surface area contributed by atoms with E-state index in [2.05, 4.69) is 71.4 Å². The van der Waals surface area contributed by atoms with Crippen LogP contribution in [0.1, 0.15) is 31.9 Å². The predicted molar refractivity (Wildman–Crippen MR) is 131 cm³/mol. The fourth-order valence-electron chi connectivity index (χ4n) is 4.23. The molecular weight excluding hydrogens is 418 g/mol. The third-order valence-electron chi connectivity index (χ3n) is 6.16. The number of benzene rings is 2. The van der Waals surface area contributed by atoms with Gasteiger partial charge in [0.1, 0.15) is 0 Å². The lowest BCUT2D eigenvalue weighted by atomic mass is 10.00. The van der Waals surface area contributed by atoms with E-state index in [0.717, 1.165) is 42.6 Å². The second-order valence-electron chi connectivity index (χ2n) is 8.12. The zero-order valence-electron chi connectivity index (χ0n) is 19.3. The molecule has 0 bridgehead atoms. The van der Waals surface area contributed by atoms with Gasteiger partial charge >= 0.3 is 0 Å². The van der Waals surface area contributed by atoms with Crippen LogP contribution in [0.5, 0.6) is 0 Å². The highest BCUT2D eigenvalue weighted by molar-refractivity contribution is 8.00. The molecule has 1 aromatic heterocycles. The van der Waals surface area contributed by atoms with Crippen molar-refractivity contribution in [3.63, 3.8) is 0 Å². The van der Waals surface area contributed by atoms with Crippen molar-refractivity contribution in [1.29, 1.82) is 0 Å². The number of amides is 1. The van der Waals surface area contributed by atoms with E-state index in [9.17, 15) is 4.79 Å². The summed E-state index contributed by atoms with van der Waals surface area (Å²) in [5.41, 5.74) is 4.83. The van der Waals surface area contributed by atoms with Crippen molar-refractivity contribution in [1.82, 2.24) is 19.7 Å². The average molecular weight is 450 g/mol. The standard InChI is InChI=1S/C25H31N5OS/c1-5-29(6-2)22-13-11-20(12-14-22)23-26-27-25(28(23)4)32-18(3)24(31)30-16-15-19-9-7-8-10-21(19)17-30/h7-14,18H,5-6,15-17H2,1-4H3. The number of aromatic nitrogens is 3. The Morgan fingerprint density at radius 1 is 1.06 bits per heavy atom. The van der Waals surface area contributed by atoms with Gasteiger partial charge in [0.15, 0.2) is 11.0 Å². The molecule has 2 heterocycles. The summed E-state index contributed by atoms with van der Waals surface area (Å²) in [5, 5.41) is 9.32. The monoisotopic (exact) mass is 449 g/mol. The minimum atomic E-state index is -0.221. The molecule has 32 heavy (non-hydrogen) atoms. The maximum Gasteiger partial charge on any atom is 0.236 e. The number of fused-ring (bicyclic) bond motifs is 1. The van der Waals surface area contributed by atoms with E-state index < -0.39 is 0 Å². The molecule has 6 nitrogen and oxygen atoms in total. The quantitative estimate of drug-likeness (QED) is 0.501. The second-order valence-corrected chi connectivity index (χ2v) is 9.43. The number of carbonyl (C=O) groups excluding carboxylic acids is 1. The van der Waals surface area contributed by atoms with Crippen LogP contribution < -0.4 is 4.90 Å². The van der Waals surface area contributed by atoms with Crippen molar-refractivity contribution < 1.29 is 4.79 Å². The van der Waals surface area contributed by atoms with Gasteiger partial charge in [-0.1, -0.05) is 36.0 Å². The summed E-state index contributed by atoms with van der Waals surface area (Å²) >= 11 is 1.47. The Morgan fingerprint density at radius 3 is 2.44 bits per heavy atom. The van der Waals surface area contributed by atoms with Gasteiger partial charge in [0.25, 0.3) is 0 Å². The Balaban J connectivity index is 1.44. The van der Waals surface area contributed by atoms with E-state index in [1.54, 1.807) is 0 Å². The van der Waals surface area contributed by atoms with Crippen molar-refractivity contribution >= 4 is 23.4 Å². The SMILES string of the molecule is CCN(CC)c1ccc(-c2nnc(SC(C)C(=O)N3CCc4ccccc4C3)n2C)cc1. The molecule has 4 rings (SSSR count). The van der Waals surface area contributed by atoms with E-state index in [4.69, 9.17) is 0 Å². The van der Waals surface area contributed by atoms with Crippen LogP contribution in [0.3, 0.4) is 0 Å². The van der Waals surface area contributed by atoms with Gasteiger partial charge < -0.3 is 14.4 Å². The van der Waals surface area contributed by atoms with Crippen LogP contribution in [-0.4, -0.2) is 50.5 Å². The first-order chi connectivity index (χ1) is 15.5. The van der Waals surface area contributed by atoms with Gasteiger partial charge in [0, 0.05) is 44.5 Å². The van der Waals surface area contributed by atoms with Gasteiger partial charge in [-0.2, -0.15) is 0 Å². The Kier molecular flexibility index (Phi) is 6.84. The summed E-state index contributed by atoms with van der Waals surface area (Å²) in [6.45, 7) is 9.70. The predicted octanol–water partition coefficient (Wildman–Crippen LogP) is 4.39. The number of hydrogen-bond donors (Lipinski definition) is 0. The molecular formula is C25H31N5OS. The van der Waals surface area contributed by atoms with Gasteiger partial charge in [-0.05, 0) is 62.6 Å². The topological polar surface area (TPSA) is 54.3 Å². The Hall–Kier alpha value is -2.80. The second kappa shape index (κ2) is 9.77. The van der Waals surface area contributed by atoms with Crippen molar-refractivity contribution in [3.8, 4) is 11.4 Å². The van der Waals surface area contributed by atoms with Crippen molar-refractivity contribution in [2.75, 3.05) is 24.5 Å². The third-order valence-corrected chi connectivity index (χ3v) is 7.28. The van der Waals surface area contributed by atoms with Crippen molar-refractivity contribution in [2.24, 2.45) is 7.05 Å². The summed E-state index contributed by atoms with van der Waals surface area (Å²) in [5.74, 6) is 0.961. The number of hydrogen-bond acceptors (Lipinski definition) is 5. The molecule has 0 spiro atoms. The van der Waals surface area contributed by atoms with E-state index >= 15 is 0 Å². The van der Waals surface area contributed by atoms with Crippen LogP contribution >= 0.6 is 11.8 Å². The molecule has 1 atom stereocenters. The zero-order chi connectivity index (χ0) is 22.7. The Labute approximate surface area is 194 Å². The maximum atomic E-state index is 13.1. The zero-order valence-corrected chi connectivity index (χ0v) is 20.1.